The number of unbranched alkanes of at least 4 members (excludes halogenated alkanes) is 3. The van der Waals surface area contributed by atoms with Gasteiger partial charge >= 0.3 is 268 Å². The third kappa shape index (κ3) is 11.8. The molecule has 0 unspecified atom stereocenters. The molecule has 4 aliphatic rings. The van der Waals surface area contributed by atoms with E-state index in [1.165, 1.54) is 170 Å². The topological polar surface area (TPSA) is 70.0 Å². The number of halogens is 6. The summed E-state index contributed by atoms with van der Waals surface area (Å²) >= 11 is 12.7. The van der Waals surface area contributed by atoms with Gasteiger partial charge in [0, 0.05) is 41.5 Å². The maximum atomic E-state index is 15.6. The molecule has 6 nitrogen and oxygen atoms in total. The largest absolute Gasteiger partial charge is 0.496 e. The van der Waals surface area contributed by atoms with Crippen LogP contribution in [0.2, 0.25) is 13.3 Å². The Balaban J connectivity index is 0.000000180. The van der Waals surface area contributed by atoms with E-state index in [0.717, 1.165) is 51.0 Å². The number of nitrogens with zero attached hydrogens (tertiary/aromatic N) is 4. The molecule has 12 aromatic rings. The van der Waals surface area contributed by atoms with Gasteiger partial charge in [0.1, 0.15) is 27.8 Å². The number of methoxy groups -OCH3 is 2. The predicted molar refractivity (Wildman–Crippen MR) is 447 cm³/mol. The van der Waals surface area contributed by atoms with Crippen LogP contribution >= 0.6 is 101 Å². The summed E-state index contributed by atoms with van der Waals surface area (Å²) in [6.45, 7) is 36.7. The normalized spacial score (nSPS) is 14.6. The van der Waals surface area contributed by atoms with E-state index in [1.54, 1.807) is 19.6 Å². The van der Waals surface area contributed by atoms with E-state index >= 15 is 8.78 Å². The number of ether oxygens (including phenoxy) is 2. The summed E-state index contributed by atoms with van der Waals surface area (Å²) in [6.07, 6.45) is 8.19. The van der Waals surface area contributed by atoms with Crippen LogP contribution in [-0.4, -0.2) is 50.1 Å². The molecule has 0 bridgehead atoms. The van der Waals surface area contributed by atoms with Crippen molar-refractivity contribution in [3.05, 3.63) is 152 Å². The Morgan fingerprint density at radius 3 is 1.18 bits per heavy atom. The number of hydrogen-bond donors (Lipinski definition) is 0. The number of hydrogen-bond acceptors (Lipinski definition) is 12. The van der Waals surface area contributed by atoms with Crippen LogP contribution in [0.5, 0.6) is 11.5 Å². The van der Waals surface area contributed by atoms with Gasteiger partial charge in [0.25, 0.3) is 0 Å². The van der Waals surface area contributed by atoms with Crippen molar-refractivity contribution in [2.75, 3.05) is 14.2 Å². The first-order chi connectivity index (χ1) is 46.5. The van der Waals surface area contributed by atoms with E-state index in [2.05, 4.69) is 207 Å². The van der Waals surface area contributed by atoms with Crippen molar-refractivity contribution in [1.29, 1.82) is 0 Å². The van der Waals surface area contributed by atoms with Crippen molar-refractivity contribution >= 4 is 166 Å². The van der Waals surface area contributed by atoms with Gasteiger partial charge in [-0.15, -0.1) is 22.7 Å². The Kier molecular flexibility index (Phi) is 22.6. The van der Waals surface area contributed by atoms with Gasteiger partial charge in [0.05, 0.1) is 45.1 Å². The maximum Gasteiger partial charge on any atom is 0.176 e. The third-order valence-corrected chi connectivity index (χ3v) is 47.2. The van der Waals surface area contributed by atoms with Crippen LogP contribution in [-0.2, 0) is 21.7 Å². The second-order valence-electron chi connectivity index (χ2n) is 29.5. The van der Waals surface area contributed by atoms with Gasteiger partial charge < -0.3 is 4.74 Å². The molecule has 0 saturated heterocycles. The first kappa shape index (κ1) is 79.9. The number of thiophene rings is 4. The minimum atomic E-state index is -2.56. The second-order valence-corrected chi connectivity index (χ2v) is 51.0. The molecule has 4 aliphatic carbocycles. The van der Waals surface area contributed by atoms with Gasteiger partial charge in [-0.05, 0) is 122 Å². The average molecular weight is 1730 g/mol. The molecule has 6 heterocycles. The van der Waals surface area contributed by atoms with Crippen LogP contribution in [0.15, 0.2) is 57.5 Å². The SMILES string of the molecule is C.C.C.C.CCC[CH2][Sn]([CH2]CCC)([CH2]CCC)[c]1cc2c(s1)-c1c(OC)cc3c4c(c(C)cc3c1C2(C)C)-c1sc(C)cc1C4(C)C.COc1cc2c3c(c(C)cc2c2c1-c1sc(-c4c(F)c(F)c(C)c5nsnc45)cc1C2(C)C)-c1sc(C)cc1C3(C)C.Fc1c(F)c(Br)c2nsnc2c1Br. The van der Waals surface area contributed by atoms with Gasteiger partial charge in [-0.3, -0.25) is 0 Å². The van der Waals surface area contributed by atoms with E-state index in [4.69, 9.17) is 9.47 Å². The minimum Gasteiger partial charge on any atom is -0.496 e. The fraction of sp³-hybridized carbons (Fsp3) is 0.422. The van der Waals surface area contributed by atoms with Gasteiger partial charge in [-0.2, -0.15) is 17.5 Å². The molecular weight excluding hydrogens is 1630 g/mol. The molecule has 0 spiro atoms. The van der Waals surface area contributed by atoms with Gasteiger partial charge in [0.2, 0.25) is 0 Å². The van der Waals surface area contributed by atoms with Crippen LogP contribution in [0.1, 0.15) is 215 Å². The number of aromatic nitrogens is 4. The third-order valence-electron chi connectivity index (χ3n) is 22.0. The fourth-order valence-electron chi connectivity index (χ4n) is 17.1. The molecule has 19 heteroatoms. The van der Waals surface area contributed by atoms with Crippen LogP contribution in [0.4, 0.5) is 17.6 Å². The van der Waals surface area contributed by atoms with Crippen LogP contribution in [0.25, 0.3) is 95.8 Å². The average Bonchev–Trinajstić information content (AvgIpc) is 1.52. The van der Waals surface area contributed by atoms with E-state index in [0.29, 0.717) is 26.9 Å². The van der Waals surface area contributed by atoms with Crippen LogP contribution in [0.3, 0.4) is 0 Å². The van der Waals surface area contributed by atoms with E-state index in [9.17, 15) is 8.78 Å². The summed E-state index contributed by atoms with van der Waals surface area (Å²) in [5, 5.41) is 5.30. The molecule has 0 N–H and O–H groups in total. The minimum absolute atomic E-state index is 0. The molecule has 102 heavy (non-hydrogen) atoms. The Bertz CT molecular complexity index is 5270. The van der Waals surface area contributed by atoms with Crippen LogP contribution < -0.4 is 12.4 Å². The van der Waals surface area contributed by atoms with Gasteiger partial charge in [-0.1, -0.05) is 63.5 Å². The van der Waals surface area contributed by atoms with Crippen molar-refractivity contribution in [2.24, 2.45) is 0 Å². The maximum absolute atomic E-state index is 15.6. The first-order valence-corrected chi connectivity index (χ1v) is 47.7. The van der Waals surface area contributed by atoms with Crippen LogP contribution in [0, 0.1) is 57.9 Å². The summed E-state index contributed by atoms with van der Waals surface area (Å²) < 4.78 is 92.0. The molecule has 0 radical (unpaired) electrons. The fourth-order valence-corrected chi connectivity index (χ4v) is 43.8. The molecule has 0 saturated carbocycles. The molecule has 6 aromatic heterocycles. The second kappa shape index (κ2) is 28.8. The Labute approximate surface area is 647 Å². The molecule has 16 rings (SSSR count). The van der Waals surface area contributed by atoms with Crippen molar-refractivity contribution < 1.29 is 27.0 Å². The zero-order valence-corrected chi connectivity index (χ0v) is 69.7. The molecule has 0 fully saturated rings. The Morgan fingerprint density at radius 1 is 0.412 bits per heavy atom. The van der Waals surface area contributed by atoms with Crippen molar-refractivity contribution in [3.8, 4) is 63.7 Å². The van der Waals surface area contributed by atoms with Crippen molar-refractivity contribution in [2.45, 2.75) is 214 Å². The number of aryl methyl sites for hydroxylation is 5. The van der Waals surface area contributed by atoms with Gasteiger partial charge in [-0.25, -0.2) is 17.6 Å². The zero-order valence-electron chi connectivity index (χ0n) is 58.8. The summed E-state index contributed by atoms with van der Waals surface area (Å²) in [5.41, 5.74) is 20.4. The molecule has 542 valence electrons. The number of rotatable bonds is 13. The molecule has 0 amide bonds. The number of benzene rings is 6. The summed E-state index contributed by atoms with van der Waals surface area (Å²) in [4.78, 5) is 8.82. The molecule has 0 atom stereocenters. The predicted octanol–water partition coefficient (Wildman–Crippen LogP) is 28.8. The van der Waals surface area contributed by atoms with Crippen molar-refractivity contribution in [1.82, 2.24) is 17.5 Å². The summed E-state index contributed by atoms with van der Waals surface area (Å²) in [5.74, 6) is -1.75. The molecule has 6 aromatic carbocycles. The molecule has 0 aliphatic heterocycles. The van der Waals surface area contributed by atoms with Gasteiger partial charge in [0.15, 0.2) is 23.3 Å². The number of fused-ring (bicyclic) bond motifs is 20. The van der Waals surface area contributed by atoms with Crippen molar-refractivity contribution in [3.63, 3.8) is 0 Å². The first-order valence-electron chi connectivity index (χ1n) is 33.9. The summed E-state index contributed by atoms with van der Waals surface area (Å²) in [7, 11) is 3.62. The van der Waals surface area contributed by atoms with E-state index in [1.807, 2.05) is 38.7 Å². The quantitative estimate of drug-likeness (QED) is 0.0496. The smallest absolute Gasteiger partial charge is 0.176 e. The zero-order chi connectivity index (χ0) is 70.1. The monoisotopic (exact) mass is 1730 g/mol. The molecular formula is C83H96Br2F4N4O2S6Sn. The Morgan fingerprint density at radius 2 is 0.765 bits per heavy atom. The van der Waals surface area contributed by atoms with E-state index in [-0.39, 0.29) is 66.0 Å². The summed E-state index contributed by atoms with van der Waals surface area (Å²) in [6, 6.07) is 19.1. The Hall–Kier alpha value is -4.64. The standard InChI is InChI=1S/C34H28F2N2OS3.C27H25OS2.C6Br2F2N2S.3C4H9.4CH4.Sn/c1-13-9-16-17(25-22(13)31-18(33(25,4)5)10-14(2)40-31)11-20(39-8)23-26(16)34(6,7)19-12-21(41-32(19)23)24-28(36)27(35)15(3)29-30(24)38-42-37-29;1-13-10-15-16(22-20(13)25-18(27(22,5)6)11-14(2)30-25)12-19(28-7)21-23(15)26(3,4)17-8-9-29-24(17)21;7-1-3(9)4(10)2(8)6-5(1)11-13-12-6;3*1-3-4-2;;;;;/h9-12H,1-8H3;8,10-12H,1-7H3;;3*1,3-4H2,2H3;4*1H4;. The van der Waals surface area contributed by atoms with E-state index < -0.39 is 47.1 Å².